The Labute approximate surface area is 120 Å². The van der Waals surface area contributed by atoms with E-state index >= 15 is 0 Å². The predicted octanol–water partition coefficient (Wildman–Crippen LogP) is 3.25. The van der Waals surface area contributed by atoms with E-state index in [2.05, 4.69) is 43.5 Å². The number of hydrogen-bond acceptors (Lipinski definition) is 3. The Morgan fingerprint density at radius 1 is 1.10 bits per heavy atom. The lowest BCUT2D eigenvalue weighted by atomic mass is 9.93. The van der Waals surface area contributed by atoms with Gasteiger partial charge < -0.3 is 4.74 Å². The van der Waals surface area contributed by atoms with E-state index in [-0.39, 0.29) is 6.04 Å². The molecule has 2 aromatic rings. The van der Waals surface area contributed by atoms with Gasteiger partial charge in [0.25, 0.3) is 0 Å². The number of nitrogens with one attached hydrogen (secondary N) is 1. The Hall–Kier alpha value is -1.84. The first-order valence-corrected chi connectivity index (χ1v) is 6.92. The molecule has 2 rings (SSSR count). The monoisotopic (exact) mass is 270 g/mol. The Bertz CT molecular complexity index is 581. The van der Waals surface area contributed by atoms with Gasteiger partial charge in [0, 0.05) is 5.56 Å². The van der Waals surface area contributed by atoms with Crippen molar-refractivity contribution in [1.82, 2.24) is 5.43 Å². The summed E-state index contributed by atoms with van der Waals surface area (Å²) >= 11 is 0. The van der Waals surface area contributed by atoms with E-state index in [0.717, 1.165) is 11.3 Å². The minimum absolute atomic E-state index is 0.0716. The Balaban J connectivity index is 2.49. The highest BCUT2D eigenvalue weighted by Gasteiger charge is 2.18. The third-order valence-corrected chi connectivity index (χ3v) is 3.44. The normalized spacial score (nSPS) is 12.2. The van der Waals surface area contributed by atoms with Gasteiger partial charge >= 0.3 is 0 Å². The van der Waals surface area contributed by atoms with Crippen LogP contribution in [0.1, 0.15) is 35.2 Å². The summed E-state index contributed by atoms with van der Waals surface area (Å²) in [5.74, 6) is 6.69. The van der Waals surface area contributed by atoms with Gasteiger partial charge in [0.1, 0.15) is 5.75 Å². The highest BCUT2D eigenvalue weighted by atomic mass is 16.5. The molecule has 20 heavy (non-hydrogen) atoms. The summed E-state index contributed by atoms with van der Waals surface area (Å²) < 4.78 is 5.72. The van der Waals surface area contributed by atoms with Gasteiger partial charge in [-0.15, -0.1) is 0 Å². The highest BCUT2D eigenvalue weighted by molar-refractivity contribution is 5.44. The summed E-state index contributed by atoms with van der Waals surface area (Å²) in [6.45, 7) is 6.81. The lowest BCUT2D eigenvalue weighted by molar-refractivity contribution is 0.333. The number of aryl methyl sites for hydroxylation is 2. The minimum Gasteiger partial charge on any atom is -0.494 e. The molecule has 3 nitrogen and oxygen atoms in total. The fraction of sp³-hybridized carbons (Fsp3) is 0.294. The fourth-order valence-corrected chi connectivity index (χ4v) is 2.42. The average molecular weight is 270 g/mol. The van der Waals surface area contributed by atoms with E-state index in [4.69, 9.17) is 10.6 Å². The van der Waals surface area contributed by atoms with Crippen molar-refractivity contribution in [3.63, 3.8) is 0 Å². The van der Waals surface area contributed by atoms with Gasteiger partial charge in [0.15, 0.2) is 0 Å². The molecule has 0 fully saturated rings. The topological polar surface area (TPSA) is 47.3 Å². The second kappa shape index (κ2) is 6.55. The van der Waals surface area contributed by atoms with Crippen LogP contribution in [0.25, 0.3) is 0 Å². The molecule has 3 heteroatoms. The Morgan fingerprint density at radius 2 is 1.85 bits per heavy atom. The zero-order chi connectivity index (χ0) is 14.5. The van der Waals surface area contributed by atoms with Crippen molar-refractivity contribution >= 4 is 0 Å². The highest BCUT2D eigenvalue weighted by Crippen LogP contribution is 2.31. The zero-order valence-corrected chi connectivity index (χ0v) is 12.3. The van der Waals surface area contributed by atoms with Crippen molar-refractivity contribution in [1.29, 1.82) is 0 Å². The average Bonchev–Trinajstić information content (AvgIpc) is 2.45. The van der Waals surface area contributed by atoms with Gasteiger partial charge in [-0.1, -0.05) is 42.0 Å². The molecule has 106 valence electrons. The Morgan fingerprint density at radius 3 is 2.55 bits per heavy atom. The first-order valence-electron chi connectivity index (χ1n) is 6.92. The maximum absolute atomic E-state index is 5.82. The van der Waals surface area contributed by atoms with E-state index in [1.807, 2.05) is 25.1 Å². The van der Waals surface area contributed by atoms with Gasteiger partial charge in [-0.3, -0.25) is 5.84 Å². The molecule has 2 aromatic carbocycles. The maximum Gasteiger partial charge on any atom is 0.124 e. The molecule has 3 N–H and O–H groups in total. The molecule has 0 amide bonds. The van der Waals surface area contributed by atoms with E-state index in [1.54, 1.807) is 0 Å². The van der Waals surface area contributed by atoms with Crippen LogP contribution in [-0.4, -0.2) is 6.61 Å². The molecule has 0 saturated carbocycles. The molecule has 1 unspecified atom stereocenters. The molecule has 0 radical (unpaired) electrons. The SMILES string of the molecule is CCOc1ccccc1C(NN)c1cc(C)ccc1C. The molecular formula is C17H22N2O. The van der Waals surface area contributed by atoms with Gasteiger partial charge in [-0.05, 0) is 38.0 Å². The molecule has 0 heterocycles. The lowest BCUT2D eigenvalue weighted by Gasteiger charge is -2.22. The van der Waals surface area contributed by atoms with Crippen LogP contribution >= 0.6 is 0 Å². The molecule has 1 atom stereocenters. The molecule has 0 spiro atoms. The molecule has 0 saturated heterocycles. The molecular weight excluding hydrogens is 248 g/mol. The maximum atomic E-state index is 5.82. The van der Waals surface area contributed by atoms with Crippen molar-refractivity contribution in [3.05, 3.63) is 64.7 Å². The van der Waals surface area contributed by atoms with Gasteiger partial charge in [-0.25, -0.2) is 5.43 Å². The Kier molecular flexibility index (Phi) is 4.77. The summed E-state index contributed by atoms with van der Waals surface area (Å²) in [7, 11) is 0. The van der Waals surface area contributed by atoms with E-state index in [9.17, 15) is 0 Å². The lowest BCUT2D eigenvalue weighted by Crippen LogP contribution is -2.29. The van der Waals surface area contributed by atoms with Crippen molar-refractivity contribution < 1.29 is 4.74 Å². The summed E-state index contributed by atoms with van der Waals surface area (Å²) in [5, 5.41) is 0. The smallest absolute Gasteiger partial charge is 0.124 e. The van der Waals surface area contributed by atoms with Crippen LogP contribution in [-0.2, 0) is 0 Å². The second-order valence-electron chi connectivity index (χ2n) is 4.93. The standard InChI is InChI=1S/C17H22N2O/c1-4-20-16-8-6-5-7-14(16)17(19-18)15-11-12(2)9-10-13(15)3/h5-11,17,19H,4,18H2,1-3H3. The summed E-state index contributed by atoms with van der Waals surface area (Å²) in [6.07, 6.45) is 0. The van der Waals surface area contributed by atoms with Crippen molar-refractivity contribution in [3.8, 4) is 5.75 Å². The van der Waals surface area contributed by atoms with Gasteiger partial charge in [0.05, 0.1) is 12.6 Å². The quantitative estimate of drug-likeness (QED) is 0.647. The fourth-order valence-electron chi connectivity index (χ4n) is 2.42. The molecule has 0 aliphatic carbocycles. The van der Waals surface area contributed by atoms with Gasteiger partial charge in [-0.2, -0.15) is 0 Å². The molecule has 0 aromatic heterocycles. The summed E-state index contributed by atoms with van der Waals surface area (Å²) in [5.41, 5.74) is 7.60. The molecule has 0 bridgehead atoms. The van der Waals surface area contributed by atoms with Crippen LogP contribution in [0.2, 0.25) is 0 Å². The number of hydrazine groups is 1. The zero-order valence-electron chi connectivity index (χ0n) is 12.3. The van der Waals surface area contributed by atoms with Crippen LogP contribution in [0, 0.1) is 13.8 Å². The number of benzene rings is 2. The predicted molar refractivity (Wildman–Crippen MR) is 82.7 cm³/mol. The second-order valence-corrected chi connectivity index (χ2v) is 4.93. The van der Waals surface area contributed by atoms with Gasteiger partial charge in [0.2, 0.25) is 0 Å². The van der Waals surface area contributed by atoms with E-state index < -0.39 is 0 Å². The van der Waals surface area contributed by atoms with E-state index in [0.29, 0.717) is 6.61 Å². The summed E-state index contributed by atoms with van der Waals surface area (Å²) in [6, 6.07) is 14.4. The number of rotatable bonds is 5. The first kappa shape index (κ1) is 14.6. The summed E-state index contributed by atoms with van der Waals surface area (Å²) in [4.78, 5) is 0. The number of para-hydroxylation sites is 1. The van der Waals surface area contributed by atoms with E-state index in [1.165, 1.54) is 16.7 Å². The van der Waals surface area contributed by atoms with Crippen molar-refractivity contribution in [2.75, 3.05) is 6.61 Å². The number of hydrogen-bond donors (Lipinski definition) is 2. The van der Waals surface area contributed by atoms with Crippen molar-refractivity contribution in [2.45, 2.75) is 26.8 Å². The third kappa shape index (κ3) is 3.00. The van der Waals surface area contributed by atoms with Crippen LogP contribution < -0.4 is 16.0 Å². The third-order valence-electron chi connectivity index (χ3n) is 3.44. The minimum atomic E-state index is -0.0716. The largest absolute Gasteiger partial charge is 0.494 e. The van der Waals surface area contributed by atoms with Crippen LogP contribution in [0.15, 0.2) is 42.5 Å². The van der Waals surface area contributed by atoms with Crippen LogP contribution in [0.3, 0.4) is 0 Å². The number of ether oxygens (including phenoxy) is 1. The first-order chi connectivity index (χ1) is 9.67. The van der Waals surface area contributed by atoms with Crippen LogP contribution in [0.4, 0.5) is 0 Å². The number of nitrogens with two attached hydrogens (primary N) is 1. The molecule has 0 aliphatic rings. The van der Waals surface area contributed by atoms with Crippen LogP contribution in [0.5, 0.6) is 5.75 Å². The van der Waals surface area contributed by atoms with Crippen molar-refractivity contribution in [2.24, 2.45) is 5.84 Å². The molecule has 0 aliphatic heterocycles.